The highest BCUT2D eigenvalue weighted by Gasteiger charge is 2.21. The molecule has 0 bridgehead atoms. The Morgan fingerprint density at radius 2 is 2.13 bits per heavy atom. The van der Waals surface area contributed by atoms with Crippen LogP contribution in [0.4, 0.5) is 11.4 Å². The fourth-order valence-electron chi connectivity index (χ4n) is 1.89. The highest BCUT2D eigenvalue weighted by molar-refractivity contribution is 5.95. The molecule has 0 spiro atoms. The first-order chi connectivity index (χ1) is 7.20. The van der Waals surface area contributed by atoms with E-state index in [1.54, 1.807) is 4.90 Å². The number of anilines is 2. The molecule has 1 amide bonds. The van der Waals surface area contributed by atoms with Crippen molar-refractivity contribution in [3.63, 3.8) is 0 Å². The van der Waals surface area contributed by atoms with E-state index in [1.807, 2.05) is 18.2 Å². The van der Waals surface area contributed by atoms with Crippen LogP contribution in [0.5, 0.6) is 0 Å². The quantitative estimate of drug-likeness (QED) is 0.703. The molecule has 4 N–H and O–H groups in total. The van der Waals surface area contributed by atoms with E-state index >= 15 is 0 Å². The molecule has 4 heteroatoms. The standard InChI is InChI=1S/C11H15N3O/c12-7-8-4-9(13)6-10(5-8)14-3-1-2-11(14)15/h4-6H,1-3,7,12-13H2. The molecule has 0 unspecified atom stereocenters. The smallest absolute Gasteiger partial charge is 0.227 e. The van der Waals surface area contributed by atoms with Crippen molar-refractivity contribution in [3.8, 4) is 0 Å². The Balaban J connectivity index is 2.34. The summed E-state index contributed by atoms with van der Waals surface area (Å²) >= 11 is 0. The van der Waals surface area contributed by atoms with E-state index < -0.39 is 0 Å². The van der Waals surface area contributed by atoms with Gasteiger partial charge >= 0.3 is 0 Å². The SMILES string of the molecule is NCc1cc(N)cc(N2CCCC2=O)c1. The first kappa shape index (κ1) is 9.98. The van der Waals surface area contributed by atoms with Crippen LogP contribution in [0, 0.1) is 0 Å². The van der Waals surface area contributed by atoms with E-state index in [-0.39, 0.29) is 5.91 Å². The first-order valence-electron chi connectivity index (χ1n) is 5.10. The molecule has 15 heavy (non-hydrogen) atoms. The minimum Gasteiger partial charge on any atom is -0.399 e. The molecule has 1 heterocycles. The maximum atomic E-state index is 11.5. The summed E-state index contributed by atoms with van der Waals surface area (Å²) < 4.78 is 0. The fourth-order valence-corrected chi connectivity index (χ4v) is 1.89. The molecule has 1 aliphatic rings. The van der Waals surface area contributed by atoms with Crippen LogP contribution >= 0.6 is 0 Å². The van der Waals surface area contributed by atoms with Gasteiger partial charge in [0, 0.05) is 30.9 Å². The third-order valence-corrected chi connectivity index (χ3v) is 2.62. The topological polar surface area (TPSA) is 72.3 Å². The molecule has 80 valence electrons. The lowest BCUT2D eigenvalue weighted by Gasteiger charge is -2.17. The van der Waals surface area contributed by atoms with E-state index in [0.717, 1.165) is 24.2 Å². The minimum atomic E-state index is 0.170. The van der Waals surface area contributed by atoms with Crippen LogP contribution in [0.15, 0.2) is 18.2 Å². The third-order valence-electron chi connectivity index (χ3n) is 2.62. The first-order valence-corrected chi connectivity index (χ1v) is 5.10. The molecule has 0 aromatic heterocycles. The van der Waals surface area contributed by atoms with Gasteiger partial charge in [0.2, 0.25) is 5.91 Å². The van der Waals surface area contributed by atoms with E-state index in [9.17, 15) is 4.79 Å². The summed E-state index contributed by atoms with van der Waals surface area (Å²) in [7, 11) is 0. The van der Waals surface area contributed by atoms with Crippen molar-refractivity contribution in [1.82, 2.24) is 0 Å². The van der Waals surface area contributed by atoms with Crippen molar-refractivity contribution >= 4 is 17.3 Å². The highest BCUT2D eigenvalue weighted by Crippen LogP contribution is 2.24. The van der Waals surface area contributed by atoms with Crippen LogP contribution in [-0.4, -0.2) is 12.5 Å². The van der Waals surface area contributed by atoms with Gasteiger partial charge in [-0.1, -0.05) is 0 Å². The zero-order valence-corrected chi connectivity index (χ0v) is 8.57. The lowest BCUT2D eigenvalue weighted by Crippen LogP contribution is -2.24. The molecule has 0 radical (unpaired) electrons. The van der Waals surface area contributed by atoms with E-state index in [2.05, 4.69) is 0 Å². The Kier molecular flexibility index (Phi) is 2.60. The summed E-state index contributed by atoms with van der Waals surface area (Å²) in [5.74, 6) is 0.170. The monoisotopic (exact) mass is 205 g/mol. The molecule has 0 atom stereocenters. The third kappa shape index (κ3) is 1.94. The van der Waals surface area contributed by atoms with Crippen LogP contribution in [-0.2, 0) is 11.3 Å². The number of carbonyl (C=O) groups excluding carboxylic acids is 1. The van der Waals surface area contributed by atoms with Gasteiger partial charge in [0.1, 0.15) is 0 Å². The summed E-state index contributed by atoms with van der Waals surface area (Å²) in [6, 6.07) is 5.59. The molecule has 4 nitrogen and oxygen atoms in total. The van der Waals surface area contributed by atoms with Gasteiger partial charge < -0.3 is 16.4 Å². The average molecular weight is 205 g/mol. The van der Waals surface area contributed by atoms with Crippen molar-refractivity contribution < 1.29 is 4.79 Å². The number of nitrogen functional groups attached to an aromatic ring is 1. The number of amides is 1. The lowest BCUT2D eigenvalue weighted by atomic mass is 10.1. The van der Waals surface area contributed by atoms with Crippen LogP contribution in [0.25, 0.3) is 0 Å². The average Bonchev–Trinajstić information content (AvgIpc) is 2.63. The largest absolute Gasteiger partial charge is 0.399 e. The van der Waals surface area contributed by atoms with Gasteiger partial charge in [0.05, 0.1) is 0 Å². The summed E-state index contributed by atoms with van der Waals surface area (Å²) in [6.07, 6.45) is 1.55. The van der Waals surface area contributed by atoms with Gasteiger partial charge in [-0.05, 0) is 30.2 Å². The zero-order chi connectivity index (χ0) is 10.8. The predicted molar refractivity (Wildman–Crippen MR) is 60.3 cm³/mol. The van der Waals surface area contributed by atoms with Gasteiger partial charge in [-0.25, -0.2) is 0 Å². The van der Waals surface area contributed by atoms with Crippen LogP contribution < -0.4 is 16.4 Å². The second-order valence-electron chi connectivity index (χ2n) is 3.79. The molecular weight excluding hydrogens is 190 g/mol. The number of hydrogen-bond donors (Lipinski definition) is 2. The van der Waals surface area contributed by atoms with Crippen LogP contribution in [0.1, 0.15) is 18.4 Å². The molecular formula is C11H15N3O. The van der Waals surface area contributed by atoms with Crippen molar-refractivity contribution in [2.45, 2.75) is 19.4 Å². The Bertz CT molecular complexity index is 389. The van der Waals surface area contributed by atoms with Crippen molar-refractivity contribution in [1.29, 1.82) is 0 Å². The van der Waals surface area contributed by atoms with E-state index in [0.29, 0.717) is 18.7 Å². The number of hydrogen-bond acceptors (Lipinski definition) is 3. The Labute approximate surface area is 88.9 Å². The number of nitrogens with zero attached hydrogens (tertiary/aromatic N) is 1. The summed E-state index contributed by atoms with van der Waals surface area (Å²) in [5.41, 5.74) is 13.8. The van der Waals surface area contributed by atoms with Crippen molar-refractivity contribution in [2.24, 2.45) is 5.73 Å². The lowest BCUT2D eigenvalue weighted by molar-refractivity contribution is -0.117. The van der Waals surface area contributed by atoms with Gasteiger partial charge in [-0.3, -0.25) is 4.79 Å². The van der Waals surface area contributed by atoms with Crippen LogP contribution in [0.3, 0.4) is 0 Å². The van der Waals surface area contributed by atoms with Gasteiger partial charge in [0.15, 0.2) is 0 Å². The second kappa shape index (κ2) is 3.90. The van der Waals surface area contributed by atoms with E-state index in [4.69, 9.17) is 11.5 Å². The molecule has 0 aliphatic carbocycles. The summed E-state index contributed by atoms with van der Waals surface area (Å²) in [6.45, 7) is 1.23. The molecule has 1 fully saturated rings. The van der Waals surface area contributed by atoms with Crippen molar-refractivity contribution in [3.05, 3.63) is 23.8 Å². The molecule has 1 saturated heterocycles. The number of benzene rings is 1. The second-order valence-corrected chi connectivity index (χ2v) is 3.79. The maximum Gasteiger partial charge on any atom is 0.227 e. The van der Waals surface area contributed by atoms with E-state index in [1.165, 1.54) is 0 Å². The van der Waals surface area contributed by atoms with Gasteiger partial charge in [-0.2, -0.15) is 0 Å². The fraction of sp³-hybridized carbons (Fsp3) is 0.364. The Hall–Kier alpha value is -1.55. The van der Waals surface area contributed by atoms with Gasteiger partial charge in [-0.15, -0.1) is 0 Å². The predicted octanol–water partition coefficient (Wildman–Crippen LogP) is 0.854. The molecule has 1 aromatic carbocycles. The summed E-state index contributed by atoms with van der Waals surface area (Å²) in [4.78, 5) is 13.3. The Morgan fingerprint density at radius 3 is 2.73 bits per heavy atom. The molecule has 1 aliphatic heterocycles. The maximum absolute atomic E-state index is 11.5. The number of rotatable bonds is 2. The zero-order valence-electron chi connectivity index (χ0n) is 8.57. The molecule has 2 rings (SSSR count). The highest BCUT2D eigenvalue weighted by atomic mass is 16.2. The number of carbonyl (C=O) groups is 1. The minimum absolute atomic E-state index is 0.170. The normalized spacial score (nSPS) is 16.1. The Morgan fingerprint density at radius 1 is 1.33 bits per heavy atom. The molecule has 0 saturated carbocycles. The summed E-state index contributed by atoms with van der Waals surface area (Å²) in [5, 5.41) is 0. The number of nitrogens with two attached hydrogens (primary N) is 2. The van der Waals surface area contributed by atoms with Crippen LogP contribution in [0.2, 0.25) is 0 Å². The van der Waals surface area contributed by atoms with Crippen molar-refractivity contribution in [2.75, 3.05) is 17.2 Å². The molecule has 1 aromatic rings. The van der Waals surface area contributed by atoms with Gasteiger partial charge in [0.25, 0.3) is 0 Å².